The minimum absolute atomic E-state index is 0.0365. The van der Waals surface area contributed by atoms with Crippen LogP contribution in [0.3, 0.4) is 0 Å². The van der Waals surface area contributed by atoms with E-state index in [4.69, 9.17) is 16.3 Å². The first-order chi connectivity index (χ1) is 15.8. The van der Waals surface area contributed by atoms with Crippen LogP contribution < -0.4 is 4.74 Å². The first-order valence-electron chi connectivity index (χ1n) is 12.0. The Labute approximate surface area is 209 Å². The molecule has 0 N–H and O–H groups in total. The molecule has 2 aromatic carbocycles. The van der Waals surface area contributed by atoms with Crippen molar-refractivity contribution >= 4 is 17.4 Å². The summed E-state index contributed by atoms with van der Waals surface area (Å²) in [7, 11) is 0. The van der Waals surface area contributed by atoms with Crippen LogP contribution in [0.5, 0.6) is 5.75 Å². The standard InChI is InChI=1S/C16H15ClO2.C6H10.2C3H8.C2H6/c1-11-5-3-4-6-15(11)19-16(12(2)18)13-7-9-14(17)10-8-13;1-3-5-6-4-2;2*1-3-2;1-2/h3-10,16H,1-2H3;3-6H,1-2H3;2*3H2,1-2H3;1-2H3/b;5-3-,6-4-;;;. The Hall–Kier alpha value is -2.32. The minimum atomic E-state index is -0.599. The number of benzene rings is 2. The normalized spacial score (nSPS) is 10.3. The first kappa shape index (κ1) is 35.3. The molecule has 0 aromatic heterocycles. The molecule has 33 heavy (non-hydrogen) atoms. The van der Waals surface area contributed by atoms with Gasteiger partial charge in [-0.1, -0.05) is 121 Å². The molecule has 0 saturated heterocycles. The molecule has 3 heteroatoms. The van der Waals surface area contributed by atoms with Crippen molar-refractivity contribution in [1.82, 2.24) is 0 Å². The van der Waals surface area contributed by atoms with Crippen LogP contribution in [0.1, 0.15) is 92.4 Å². The fourth-order valence-corrected chi connectivity index (χ4v) is 2.19. The Kier molecular flexibility index (Phi) is 27.7. The fraction of sp³-hybridized carbons (Fsp3) is 0.433. The number of ketones is 1. The van der Waals surface area contributed by atoms with Crippen LogP contribution in [0.4, 0.5) is 0 Å². The predicted octanol–water partition coefficient (Wildman–Crippen LogP) is 10.4. The lowest BCUT2D eigenvalue weighted by atomic mass is 10.1. The topological polar surface area (TPSA) is 26.3 Å². The van der Waals surface area contributed by atoms with Crippen molar-refractivity contribution in [3.8, 4) is 5.75 Å². The van der Waals surface area contributed by atoms with E-state index in [1.54, 1.807) is 12.1 Å². The molecular formula is C30H47ClO2. The van der Waals surface area contributed by atoms with Crippen LogP contribution in [0.25, 0.3) is 0 Å². The molecule has 2 aromatic rings. The molecular weight excluding hydrogens is 428 g/mol. The van der Waals surface area contributed by atoms with E-state index in [9.17, 15) is 4.79 Å². The SMILES string of the molecule is C/C=C\C=C/C.CC.CC(=O)C(Oc1ccccc1C)c1ccc(Cl)cc1.CCC.CCC. The number of carbonyl (C=O) groups is 1. The highest BCUT2D eigenvalue weighted by Crippen LogP contribution is 2.26. The molecule has 0 spiro atoms. The third-order valence-corrected chi connectivity index (χ3v) is 3.63. The first-order valence-corrected chi connectivity index (χ1v) is 12.4. The highest BCUT2D eigenvalue weighted by atomic mass is 35.5. The number of ether oxygens (including phenoxy) is 1. The molecule has 186 valence electrons. The summed E-state index contributed by atoms with van der Waals surface area (Å²) in [5, 5.41) is 0.641. The number of Topliss-reactive ketones (excluding diaryl/α,β-unsaturated/α-hetero) is 1. The molecule has 0 fully saturated rings. The molecule has 0 amide bonds. The van der Waals surface area contributed by atoms with E-state index < -0.39 is 6.10 Å². The summed E-state index contributed by atoms with van der Waals surface area (Å²) in [5.74, 6) is 0.684. The molecule has 0 saturated carbocycles. The Bertz CT molecular complexity index is 734. The van der Waals surface area contributed by atoms with E-state index in [0.717, 1.165) is 16.9 Å². The highest BCUT2D eigenvalue weighted by Gasteiger charge is 2.19. The van der Waals surface area contributed by atoms with Gasteiger partial charge in [-0.25, -0.2) is 0 Å². The van der Waals surface area contributed by atoms with Gasteiger partial charge in [-0.05, 0) is 57.0 Å². The quantitative estimate of drug-likeness (QED) is 0.402. The number of allylic oxidation sites excluding steroid dienone is 4. The smallest absolute Gasteiger partial charge is 0.181 e. The molecule has 0 aliphatic carbocycles. The van der Waals surface area contributed by atoms with Crippen LogP contribution in [0.15, 0.2) is 72.8 Å². The minimum Gasteiger partial charge on any atom is -0.478 e. The molecule has 1 atom stereocenters. The van der Waals surface area contributed by atoms with Crippen LogP contribution in [0.2, 0.25) is 5.02 Å². The van der Waals surface area contributed by atoms with Crippen LogP contribution >= 0.6 is 11.6 Å². The van der Waals surface area contributed by atoms with Gasteiger partial charge in [-0.2, -0.15) is 0 Å². The lowest BCUT2D eigenvalue weighted by Crippen LogP contribution is -2.16. The van der Waals surface area contributed by atoms with Crippen LogP contribution in [0, 0.1) is 6.92 Å². The van der Waals surface area contributed by atoms with E-state index >= 15 is 0 Å². The van der Waals surface area contributed by atoms with E-state index in [-0.39, 0.29) is 5.78 Å². The summed E-state index contributed by atoms with van der Waals surface area (Å²) in [5.41, 5.74) is 1.81. The van der Waals surface area contributed by atoms with Crippen LogP contribution in [-0.2, 0) is 4.79 Å². The second-order valence-corrected chi connectivity index (χ2v) is 7.33. The van der Waals surface area contributed by atoms with E-state index in [2.05, 4.69) is 27.7 Å². The van der Waals surface area contributed by atoms with Gasteiger partial charge >= 0.3 is 0 Å². The maximum atomic E-state index is 11.8. The lowest BCUT2D eigenvalue weighted by molar-refractivity contribution is -0.123. The van der Waals surface area contributed by atoms with Gasteiger partial charge in [0.1, 0.15) is 5.75 Å². The maximum Gasteiger partial charge on any atom is 0.181 e. The van der Waals surface area contributed by atoms with E-state index in [1.807, 2.05) is 95.3 Å². The zero-order valence-electron chi connectivity index (χ0n) is 22.6. The van der Waals surface area contributed by atoms with Crippen LogP contribution in [-0.4, -0.2) is 5.78 Å². The van der Waals surface area contributed by atoms with Crippen molar-refractivity contribution in [3.63, 3.8) is 0 Å². The van der Waals surface area contributed by atoms with Gasteiger partial charge in [0.15, 0.2) is 11.9 Å². The van der Waals surface area contributed by atoms with E-state index in [0.29, 0.717) is 5.02 Å². The van der Waals surface area contributed by atoms with E-state index in [1.165, 1.54) is 19.8 Å². The van der Waals surface area contributed by atoms with Gasteiger partial charge in [0.05, 0.1) is 0 Å². The fourth-order valence-electron chi connectivity index (χ4n) is 2.06. The van der Waals surface area contributed by atoms with Gasteiger partial charge in [-0.3, -0.25) is 4.79 Å². The Morgan fingerprint density at radius 2 is 1.30 bits per heavy atom. The summed E-state index contributed by atoms with van der Waals surface area (Å²) in [6.45, 7) is 20.0. The van der Waals surface area contributed by atoms with Crippen molar-refractivity contribution in [3.05, 3.63) is 89.0 Å². The third-order valence-electron chi connectivity index (χ3n) is 3.38. The Balaban J connectivity index is -0.000000534. The van der Waals surface area contributed by atoms with Gasteiger partial charge in [-0.15, -0.1) is 0 Å². The molecule has 2 rings (SSSR count). The van der Waals surface area contributed by atoms with Crippen molar-refractivity contribution in [2.75, 3.05) is 0 Å². The second kappa shape index (κ2) is 25.9. The molecule has 1 unspecified atom stereocenters. The predicted molar refractivity (Wildman–Crippen MR) is 150 cm³/mol. The Morgan fingerprint density at radius 3 is 1.67 bits per heavy atom. The molecule has 0 bridgehead atoms. The summed E-state index contributed by atoms with van der Waals surface area (Å²) >= 11 is 5.86. The number of rotatable bonds is 5. The molecule has 2 nitrogen and oxygen atoms in total. The van der Waals surface area contributed by atoms with Crippen molar-refractivity contribution in [2.45, 2.75) is 88.2 Å². The molecule has 0 radical (unpaired) electrons. The average Bonchev–Trinajstić information content (AvgIpc) is 2.80. The van der Waals surface area contributed by atoms with Crippen molar-refractivity contribution in [2.24, 2.45) is 0 Å². The van der Waals surface area contributed by atoms with Crippen molar-refractivity contribution < 1.29 is 9.53 Å². The number of aryl methyl sites for hydroxylation is 1. The Morgan fingerprint density at radius 1 is 0.879 bits per heavy atom. The maximum absolute atomic E-state index is 11.8. The molecule has 0 aliphatic heterocycles. The number of para-hydroxylation sites is 1. The van der Waals surface area contributed by atoms with Gasteiger partial charge in [0.2, 0.25) is 0 Å². The molecule has 0 aliphatic rings. The zero-order valence-corrected chi connectivity index (χ0v) is 23.4. The van der Waals surface area contributed by atoms with Gasteiger partial charge < -0.3 is 4.74 Å². The zero-order chi connectivity index (χ0) is 26.1. The summed E-state index contributed by atoms with van der Waals surface area (Å²) in [6.07, 6.45) is 9.90. The third kappa shape index (κ3) is 20.0. The molecule has 0 heterocycles. The average molecular weight is 475 g/mol. The summed E-state index contributed by atoms with van der Waals surface area (Å²) < 4.78 is 5.84. The summed E-state index contributed by atoms with van der Waals surface area (Å²) in [4.78, 5) is 11.8. The van der Waals surface area contributed by atoms with Crippen molar-refractivity contribution in [1.29, 1.82) is 0 Å². The van der Waals surface area contributed by atoms with Gasteiger partial charge in [0.25, 0.3) is 0 Å². The van der Waals surface area contributed by atoms with Gasteiger partial charge in [0, 0.05) is 5.02 Å². The lowest BCUT2D eigenvalue weighted by Gasteiger charge is -2.18. The number of carbonyl (C=O) groups excluding carboxylic acids is 1. The number of hydrogen-bond donors (Lipinski definition) is 0. The number of halogens is 1. The second-order valence-electron chi connectivity index (χ2n) is 6.89. The summed E-state index contributed by atoms with van der Waals surface area (Å²) in [6, 6.07) is 14.8. The number of hydrogen-bond acceptors (Lipinski definition) is 2. The highest BCUT2D eigenvalue weighted by molar-refractivity contribution is 6.30. The largest absolute Gasteiger partial charge is 0.478 e. The monoisotopic (exact) mass is 474 g/mol.